The van der Waals surface area contributed by atoms with E-state index >= 15 is 0 Å². The summed E-state index contributed by atoms with van der Waals surface area (Å²) in [6.45, 7) is 4.32. The summed E-state index contributed by atoms with van der Waals surface area (Å²) in [6.07, 6.45) is 4.83. The molecule has 0 bridgehead atoms. The number of rotatable bonds is 10. The molecule has 5 rings (SSSR count). The van der Waals surface area contributed by atoms with Gasteiger partial charge in [-0.3, -0.25) is 0 Å². The topological polar surface area (TPSA) is 72.8 Å². The van der Waals surface area contributed by atoms with Crippen molar-refractivity contribution in [2.75, 3.05) is 13.2 Å². The number of aromatic carboxylic acids is 1. The monoisotopic (exact) mass is 520 g/mol. The van der Waals surface area contributed by atoms with Crippen LogP contribution in [0.1, 0.15) is 36.0 Å². The van der Waals surface area contributed by atoms with Crippen molar-refractivity contribution in [3.05, 3.63) is 115 Å². The number of unbranched alkanes of at least 4 members (excludes halogenated alkanes) is 3. The lowest BCUT2D eigenvalue weighted by atomic mass is 9.95. The largest absolute Gasteiger partial charge is 0.494 e. The summed E-state index contributed by atoms with van der Waals surface area (Å²) in [4.78, 5) is 21.5. The Hall–Kier alpha value is -4.64. The van der Waals surface area contributed by atoms with E-state index in [4.69, 9.17) is 14.6 Å². The number of hydrogen-bond acceptors (Lipinski definition) is 4. The van der Waals surface area contributed by atoms with Crippen molar-refractivity contribution in [2.24, 2.45) is 0 Å². The molecule has 5 aromatic carbocycles. The van der Waals surface area contributed by atoms with Crippen molar-refractivity contribution in [3.63, 3.8) is 0 Å². The van der Waals surface area contributed by atoms with Crippen LogP contribution in [0.4, 0.5) is 0 Å². The van der Waals surface area contributed by atoms with Crippen molar-refractivity contribution in [1.82, 2.24) is 0 Å². The van der Waals surface area contributed by atoms with Gasteiger partial charge in [-0.25, -0.2) is 9.59 Å². The quantitative estimate of drug-likeness (QED) is 0.0869. The zero-order valence-electron chi connectivity index (χ0n) is 21.8. The molecule has 39 heavy (non-hydrogen) atoms. The molecule has 0 unspecified atom stereocenters. The van der Waals surface area contributed by atoms with Crippen LogP contribution in [0, 0.1) is 0 Å². The van der Waals surface area contributed by atoms with Crippen molar-refractivity contribution >= 4 is 44.3 Å². The van der Waals surface area contributed by atoms with Crippen LogP contribution >= 0.6 is 0 Å². The molecule has 0 saturated carbocycles. The Labute approximate surface area is 228 Å². The number of ether oxygens (including phenoxy) is 2. The molecule has 0 aliphatic heterocycles. The number of esters is 1. The summed E-state index contributed by atoms with van der Waals surface area (Å²) < 4.78 is 10.4. The molecule has 1 N–H and O–H groups in total. The Morgan fingerprint density at radius 1 is 0.615 bits per heavy atom. The van der Waals surface area contributed by atoms with Gasteiger partial charge in [-0.2, -0.15) is 0 Å². The minimum atomic E-state index is -0.946. The van der Waals surface area contributed by atoms with E-state index in [0.29, 0.717) is 19.0 Å². The predicted molar refractivity (Wildman–Crippen MR) is 157 cm³/mol. The lowest BCUT2D eigenvalue weighted by Gasteiger charge is -2.09. The summed E-state index contributed by atoms with van der Waals surface area (Å²) in [6, 6.07) is 32.3. The molecule has 0 fully saturated rings. The number of carboxylic acids is 1. The Kier molecular flexibility index (Phi) is 9.68. The van der Waals surface area contributed by atoms with Gasteiger partial charge in [0.05, 0.1) is 18.8 Å². The van der Waals surface area contributed by atoms with E-state index < -0.39 is 5.97 Å². The second-order valence-electron chi connectivity index (χ2n) is 9.10. The molecule has 0 saturated heterocycles. The second-order valence-corrected chi connectivity index (χ2v) is 9.10. The van der Waals surface area contributed by atoms with E-state index in [2.05, 4.69) is 79.4 Å². The van der Waals surface area contributed by atoms with Crippen LogP contribution in [0.2, 0.25) is 0 Å². The highest BCUT2D eigenvalue weighted by Crippen LogP contribution is 2.34. The van der Waals surface area contributed by atoms with Gasteiger partial charge in [0.1, 0.15) is 5.75 Å². The van der Waals surface area contributed by atoms with Gasteiger partial charge < -0.3 is 14.6 Å². The maximum atomic E-state index is 10.8. The fourth-order valence-corrected chi connectivity index (χ4v) is 4.53. The summed E-state index contributed by atoms with van der Waals surface area (Å²) in [5, 5.41) is 16.8. The zero-order chi connectivity index (χ0) is 27.5. The van der Waals surface area contributed by atoms with Gasteiger partial charge in [0.15, 0.2) is 0 Å². The van der Waals surface area contributed by atoms with E-state index in [1.54, 1.807) is 12.1 Å². The number of hydrogen-bond donors (Lipinski definition) is 1. The minimum Gasteiger partial charge on any atom is -0.494 e. The van der Waals surface area contributed by atoms with E-state index in [1.807, 2.05) is 0 Å². The molecule has 198 valence electrons. The first-order valence-electron chi connectivity index (χ1n) is 13.1. The zero-order valence-corrected chi connectivity index (χ0v) is 21.8. The highest BCUT2D eigenvalue weighted by molar-refractivity contribution is 6.25. The Morgan fingerprint density at radius 2 is 1.03 bits per heavy atom. The fraction of sp³-hybridized carbons (Fsp3) is 0.176. The van der Waals surface area contributed by atoms with Crippen LogP contribution in [-0.2, 0) is 9.53 Å². The lowest BCUT2D eigenvalue weighted by molar-refractivity contribution is -0.137. The molecule has 0 spiro atoms. The third kappa shape index (κ3) is 7.23. The van der Waals surface area contributed by atoms with Gasteiger partial charge in [-0.15, -0.1) is 0 Å². The standard InChI is InChI=1S/C18H12.C16H20O5/c1-2-8-14-13(7-1)15-9-3-4-11-17(15)18-12-6-5-10-16(14)18;1-2-15(17)21-12-6-4-3-5-11-20-14-9-7-13(8-10-14)16(18)19/h1-12H;2,7-10H,1,3-6,11-12H2,(H,18,19). The summed E-state index contributed by atoms with van der Waals surface area (Å²) in [5.41, 5.74) is 0.247. The normalized spacial score (nSPS) is 10.6. The van der Waals surface area contributed by atoms with Gasteiger partial charge in [-0.1, -0.05) is 79.4 Å². The van der Waals surface area contributed by atoms with Gasteiger partial charge >= 0.3 is 11.9 Å². The highest BCUT2D eigenvalue weighted by Gasteiger charge is 2.06. The van der Waals surface area contributed by atoms with Gasteiger partial charge in [0.25, 0.3) is 0 Å². The van der Waals surface area contributed by atoms with Crippen LogP contribution in [0.15, 0.2) is 110 Å². The fourth-order valence-electron chi connectivity index (χ4n) is 4.53. The first-order valence-corrected chi connectivity index (χ1v) is 13.1. The van der Waals surface area contributed by atoms with Crippen molar-refractivity contribution in [1.29, 1.82) is 0 Å². The number of benzene rings is 5. The molecule has 0 amide bonds. The Bertz CT molecular complexity index is 1350. The molecule has 0 radical (unpaired) electrons. The van der Waals surface area contributed by atoms with E-state index in [0.717, 1.165) is 31.8 Å². The first-order chi connectivity index (χ1) is 19.1. The Balaban J connectivity index is 0.000000182. The van der Waals surface area contributed by atoms with Crippen LogP contribution < -0.4 is 4.74 Å². The van der Waals surface area contributed by atoms with E-state index in [9.17, 15) is 9.59 Å². The third-order valence-corrected chi connectivity index (χ3v) is 6.47. The molecular weight excluding hydrogens is 488 g/mol. The van der Waals surface area contributed by atoms with Crippen molar-refractivity contribution < 1.29 is 24.2 Å². The molecule has 0 heterocycles. The highest BCUT2D eigenvalue weighted by atomic mass is 16.5. The second kappa shape index (κ2) is 13.8. The number of fused-ring (bicyclic) bond motifs is 6. The van der Waals surface area contributed by atoms with E-state index in [1.165, 1.54) is 44.5 Å². The van der Waals surface area contributed by atoms with Gasteiger partial charge in [-0.05, 0) is 82.3 Å². The number of carbonyl (C=O) groups is 2. The smallest absolute Gasteiger partial charge is 0.335 e. The van der Waals surface area contributed by atoms with Crippen LogP contribution in [0.3, 0.4) is 0 Å². The summed E-state index contributed by atoms with van der Waals surface area (Å²) in [7, 11) is 0. The summed E-state index contributed by atoms with van der Waals surface area (Å²) >= 11 is 0. The van der Waals surface area contributed by atoms with E-state index in [-0.39, 0.29) is 11.5 Å². The van der Waals surface area contributed by atoms with Crippen LogP contribution in [-0.4, -0.2) is 30.3 Å². The molecule has 0 aromatic heterocycles. The molecular formula is C34H32O5. The molecule has 0 aliphatic rings. The minimum absolute atomic E-state index is 0.247. The molecule has 5 heteroatoms. The van der Waals surface area contributed by atoms with Crippen molar-refractivity contribution in [3.8, 4) is 5.75 Å². The molecule has 5 aromatic rings. The number of carboxylic acid groups (broad SMARTS) is 1. The average Bonchev–Trinajstić information content (AvgIpc) is 2.99. The molecule has 0 atom stereocenters. The average molecular weight is 521 g/mol. The van der Waals surface area contributed by atoms with Crippen molar-refractivity contribution in [2.45, 2.75) is 25.7 Å². The molecule has 5 nitrogen and oxygen atoms in total. The SMILES string of the molecule is C=CC(=O)OCCCCCCOc1ccc(C(=O)O)cc1.c1ccc2c(c1)c1ccccc1c1ccccc21. The maximum absolute atomic E-state index is 10.8. The van der Waals surface area contributed by atoms with Crippen LogP contribution in [0.25, 0.3) is 32.3 Å². The third-order valence-electron chi connectivity index (χ3n) is 6.47. The molecule has 0 aliphatic carbocycles. The summed E-state index contributed by atoms with van der Waals surface area (Å²) in [5.74, 6) is -0.665. The lowest BCUT2D eigenvalue weighted by Crippen LogP contribution is -2.02. The number of carbonyl (C=O) groups excluding carboxylic acids is 1. The van der Waals surface area contributed by atoms with Gasteiger partial charge in [0, 0.05) is 6.08 Å². The maximum Gasteiger partial charge on any atom is 0.335 e. The first kappa shape index (κ1) is 27.4. The van der Waals surface area contributed by atoms with Crippen LogP contribution in [0.5, 0.6) is 5.75 Å². The van der Waals surface area contributed by atoms with Gasteiger partial charge in [0.2, 0.25) is 0 Å². The Morgan fingerprint density at radius 3 is 1.41 bits per heavy atom. The predicted octanol–water partition coefficient (Wildman–Crippen LogP) is 8.20.